The molecule has 1 aliphatic heterocycles. The van der Waals surface area contributed by atoms with Crippen molar-refractivity contribution in [3.63, 3.8) is 0 Å². The third kappa shape index (κ3) is 2.18. The molecule has 1 aromatic rings. The molecule has 3 heteroatoms. The van der Waals surface area contributed by atoms with Crippen molar-refractivity contribution in [2.75, 3.05) is 13.1 Å². The van der Waals surface area contributed by atoms with Crippen LogP contribution in [0.3, 0.4) is 0 Å². The van der Waals surface area contributed by atoms with E-state index in [4.69, 9.17) is 0 Å². The van der Waals surface area contributed by atoms with Crippen LogP contribution in [0.4, 0.5) is 0 Å². The first kappa shape index (κ1) is 11.0. The van der Waals surface area contributed by atoms with E-state index in [1.807, 2.05) is 6.07 Å². The Morgan fingerprint density at radius 3 is 2.93 bits per heavy atom. The van der Waals surface area contributed by atoms with Gasteiger partial charge in [0.15, 0.2) is 0 Å². The van der Waals surface area contributed by atoms with Gasteiger partial charge in [-0.25, -0.2) is 0 Å². The molecular formula is C12H16BrNO. The monoisotopic (exact) mass is 269 g/mol. The van der Waals surface area contributed by atoms with E-state index in [1.54, 1.807) is 0 Å². The first-order valence-electron chi connectivity index (χ1n) is 5.39. The summed E-state index contributed by atoms with van der Waals surface area (Å²) in [5.74, 6) is 0.875. The molecule has 1 saturated heterocycles. The fourth-order valence-corrected chi connectivity index (χ4v) is 2.64. The van der Waals surface area contributed by atoms with Crippen LogP contribution in [0.2, 0.25) is 0 Å². The molecule has 1 unspecified atom stereocenters. The lowest BCUT2D eigenvalue weighted by Crippen LogP contribution is -2.28. The Kier molecular flexibility index (Phi) is 3.32. The standard InChI is InChI=1S/C12H16BrNO/c1-8-4-5-10(13)12(15)11(8)9-3-2-6-14-7-9/h4-5,9,14-15H,2-3,6-7H2,1H3. The number of rotatable bonds is 1. The van der Waals surface area contributed by atoms with Crippen LogP contribution in [0.15, 0.2) is 16.6 Å². The van der Waals surface area contributed by atoms with Gasteiger partial charge in [-0.05, 0) is 53.9 Å². The van der Waals surface area contributed by atoms with Crippen LogP contribution < -0.4 is 5.32 Å². The Morgan fingerprint density at radius 1 is 1.47 bits per heavy atom. The molecule has 1 heterocycles. The van der Waals surface area contributed by atoms with Crippen LogP contribution in [0.25, 0.3) is 0 Å². The number of nitrogens with one attached hydrogen (secondary N) is 1. The van der Waals surface area contributed by atoms with Crippen LogP contribution >= 0.6 is 15.9 Å². The Labute approximate surface area is 98.8 Å². The fourth-order valence-electron chi connectivity index (χ4n) is 2.30. The maximum absolute atomic E-state index is 10.1. The Bertz CT molecular complexity index is 359. The largest absolute Gasteiger partial charge is 0.506 e. The van der Waals surface area contributed by atoms with Crippen molar-refractivity contribution in [3.05, 3.63) is 27.7 Å². The van der Waals surface area contributed by atoms with Crippen molar-refractivity contribution < 1.29 is 5.11 Å². The van der Waals surface area contributed by atoms with Crippen molar-refractivity contribution in [1.29, 1.82) is 0 Å². The second kappa shape index (κ2) is 4.54. The molecule has 2 N–H and O–H groups in total. The predicted molar refractivity (Wildman–Crippen MR) is 65.4 cm³/mol. The molecule has 1 atom stereocenters. The van der Waals surface area contributed by atoms with Gasteiger partial charge in [0.25, 0.3) is 0 Å². The van der Waals surface area contributed by atoms with Crippen LogP contribution in [0.1, 0.15) is 29.9 Å². The Morgan fingerprint density at radius 2 is 2.27 bits per heavy atom. The van der Waals surface area contributed by atoms with E-state index < -0.39 is 0 Å². The topological polar surface area (TPSA) is 32.3 Å². The van der Waals surface area contributed by atoms with E-state index in [1.165, 1.54) is 12.0 Å². The summed E-state index contributed by atoms with van der Waals surface area (Å²) < 4.78 is 0.800. The number of aryl methyl sites for hydroxylation is 1. The summed E-state index contributed by atoms with van der Waals surface area (Å²) >= 11 is 3.38. The number of hydrogen-bond acceptors (Lipinski definition) is 2. The lowest BCUT2D eigenvalue weighted by molar-refractivity contribution is 0.422. The minimum Gasteiger partial charge on any atom is -0.506 e. The molecule has 15 heavy (non-hydrogen) atoms. The summed E-state index contributed by atoms with van der Waals surface area (Å²) in [6, 6.07) is 3.97. The van der Waals surface area contributed by atoms with Crippen LogP contribution in [0.5, 0.6) is 5.75 Å². The highest BCUT2D eigenvalue weighted by Crippen LogP contribution is 2.37. The lowest BCUT2D eigenvalue weighted by atomic mass is 9.88. The van der Waals surface area contributed by atoms with Crippen molar-refractivity contribution in [2.24, 2.45) is 0 Å². The van der Waals surface area contributed by atoms with Gasteiger partial charge in [-0.15, -0.1) is 0 Å². The van der Waals surface area contributed by atoms with Crippen molar-refractivity contribution in [1.82, 2.24) is 5.32 Å². The zero-order chi connectivity index (χ0) is 10.8. The van der Waals surface area contributed by atoms with Gasteiger partial charge < -0.3 is 10.4 Å². The van der Waals surface area contributed by atoms with Gasteiger partial charge in [0.05, 0.1) is 4.47 Å². The summed E-state index contributed by atoms with van der Waals surface area (Å²) in [7, 11) is 0. The fraction of sp³-hybridized carbons (Fsp3) is 0.500. The van der Waals surface area contributed by atoms with Gasteiger partial charge in [-0.2, -0.15) is 0 Å². The molecule has 0 aliphatic carbocycles. The zero-order valence-electron chi connectivity index (χ0n) is 8.89. The molecule has 1 aromatic carbocycles. The number of phenols is 1. The van der Waals surface area contributed by atoms with E-state index >= 15 is 0 Å². The number of piperidine rings is 1. The van der Waals surface area contributed by atoms with Crippen LogP contribution in [-0.4, -0.2) is 18.2 Å². The molecule has 0 spiro atoms. The zero-order valence-corrected chi connectivity index (χ0v) is 10.5. The van der Waals surface area contributed by atoms with E-state index in [-0.39, 0.29) is 0 Å². The van der Waals surface area contributed by atoms with Gasteiger partial charge >= 0.3 is 0 Å². The van der Waals surface area contributed by atoms with Gasteiger partial charge in [0.2, 0.25) is 0 Å². The highest BCUT2D eigenvalue weighted by Gasteiger charge is 2.21. The second-order valence-electron chi connectivity index (χ2n) is 4.17. The van der Waals surface area contributed by atoms with Gasteiger partial charge in [0.1, 0.15) is 5.75 Å². The number of benzene rings is 1. The second-order valence-corrected chi connectivity index (χ2v) is 5.02. The lowest BCUT2D eigenvalue weighted by Gasteiger charge is -2.25. The molecule has 0 bridgehead atoms. The van der Waals surface area contributed by atoms with E-state index in [2.05, 4.69) is 34.2 Å². The maximum Gasteiger partial charge on any atom is 0.133 e. The van der Waals surface area contributed by atoms with Crippen molar-refractivity contribution in [3.8, 4) is 5.75 Å². The molecule has 82 valence electrons. The van der Waals surface area contributed by atoms with E-state index in [9.17, 15) is 5.11 Å². The predicted octanol–water partition coefficient (Wildman–Crippen LogP) is 2.93. The van der Waals surface area contributed by atoms with Crippen molar-refractivity contribution >= 4 is 15.9 Å². The first-order chi connectivity index (χ1) is 7.20. The quantitative estimate of drug-likeness (QED) is 0.822. The summed E-state index contributed by atoms with van der Waals surface area (Å²) in [6.07, 6.45) is 2.36. The average Bonchev–Trinajstić information content (AvgIpc) is 2.26. The Balaban J connectivity index is 2.36. The minimum atomic E-state index is 0.420. The number of hydrogen-bond donors (Lipinski definition) is 2. The summed E-state index contributed by atoms with van der Waals surface area (Å²) in [5.41, 5.74) is 2.29. The van der Waals surface area contributed by atoms with Crippen LogP contribution in [0, 0.1) is 6.92 Å². The molecule has 1 aliphatic rings. The molecule has 1 fully saturated rings. The highest BCUT2D eigenvalue weighted by atomic mass is 79.9. The molecule has 2 nitrogen and oxygen atoms in total. The average molecular weight is 270 g/mol. The number of aromatic hydroxyl groups is 1. The van der Waals surface area contributed by atoms with Crippen molar-refractivity contribution in [2.45, 2.75) is 25.7 Å². The molecule has 0 radical (unpaired) electrons. The van der Waals surface area contributed by atoms with Crippen LogP contribution in [-0.2, 0) is 0 Å². The van der Waals surface area contributed by atoms with E-state index in [0.29, 0.717) is 11.7 Å². The summed E-state index contributed by atoms with van der Waals surface area (Å²) in [5, 5.41) is 13.4. The SMILES string of the molecule is Cc1ccc(Br)c(O)c1C1CCCNC1. The number of phenolic OH excluding ortho intramolecular Hbond substituents is 1. The number of halogens is 1. The molecular weight excluding hydrogens is 254 g/mol. The smallest absolute Gasteiger partial charge is 0.133 e. The molecule has 0 amide bonds. The summed E-state index contributed by atoms with van der Waals surface area (Å²) in [4.78, 5) is 0. The third-order valence-electron chi connectivity index (χ3n) is 3.09. The Hall–Kier alpha value is -0.540. The molecule has 2 rings (SSSR count). The first-order valence-corrected chi connectivity index (χ1v) is 6.18. The van der Waals surface area contributed by atoms with Gasteiger partial charge in [0, 0.05) is 18.0 Å². The maximum atomic E-state index is 10.1. The van der Waals surface area contributed by atoms with Gasteiger partial charge in [-0.3, -0.25) is 0 Å². The highest BCUT2D eigenvalue weighted by molar-refractivity contribution is 9.10. The van der Waals surface area contributed by atoms with Gasteiger partial charge in [-0.1, -0.05) is 6.07 Å². The molecule has 0 saturated carbocycles. The molecule has 0 aromatic heterocycles. The normalized spacial score (nSPS) is 21.6. The minimum absolute atomic E-state index is 0.420. The summed E-state index contributed by atoms with van der Waals surface area (Å²) in [6.45, 7) is 4.14. The van der Waals surface area contributed by atoms with E-state index in [0.717, 1.165) is 29.5 Å². The third-order valence-corrected chi connectivity index (χ3v) is 3.73.